The molecule has 0 radical (unpaired) electrons. The molecule has 0 heterocycles. The number of amides is 1. The molecule has 2 N–H and O–H groups in total. The van der Waals surface area contributed by atoms with Crippen molar-refractivity contribution in [2.45, 2.75) is 57.5 Å². The van der Waals surface area contributed by atoms with Crippen LogP contribution in [-0.2, 0) is 11.2 Å². The summed E-state index contributed by atoms with van der Waals surface area (Å²) in [5.74, 6) is 1.50. The van der Waals surface area contributed by atoms with Crippen LogP contribution in [0.15, 0.2) is 29.1 Å². The summed E-state index contributed by atoms with van der Waals surface area (Å²) >= 11 is 0. The van der Waals surface area contributed by atoms with Crippen molar-refractivity contribution in [3.8, 4) is 28.4 Å². The van der Waals surface area contributed by atoms with E-state index in [-0.39, 0.29) is 17.4 Å². The molecule has 0 unspecified atom stereocenters. The highest BCUT2D eigenvalue weighted by molar-refractivity contribution is 5.83. The molecule has 1 atom stereocenters. The van der Waals surface area contributed by atoms with E-state index in [4.69, 9.17) is 14.2 Å². The van der Waals surface area contributed by atoms with Crippen molar-refractivity contribution >= 4 is 11.6 Å². The molecule has 7 nitrogen and oxygen atoms in total. The molecule has 1 fully saturated rings. The highest BCUT2D eigenvalue weighted by Gasteiger charge is 2.29. The number of hydrogen-bond acceptors (Lipinski definition) is 6. The van der Waals surface area contributed by atoms with Gasteiger partial charge in [0.25, 0.3) is 0 Å². The fourth-order valence-electron chi connectivity index (χ4n) is 5.12. The van der Waals surface area contributed by atoms with Gasteiger partial charge in [-0.05, 0) is 60.6 Å². The highest BCUT2D eigenvalue weighted by Crippen LogP contribution is 2.50. The molecule has 2 aliphatic rings. The monoisotopic (exact) mass is 452 g/mol. The zero-order valence-corrected chi connectivity index (χ0v) is 19.7. The van der Waals surface area contributed by atoms with Gasteiger partial charge >= 0.3 is 0 Å². The zero-order valence-electron chi connectivity index (χ0n) is 19.7. The molecule has 1 amide bonds. The molecule has 1 saturated carbocycles. The molecule has 0 aliphatic heterocycles. The summed E-state index contributed by atoms with van der Waals surface area (Å²) < 4.78 is 17.0. The Bertz CT molecular complexity index is 1110. The van der Waals surface area contributed by atoms with E-state index >= 15 is 0 Å². The van der Waals surface area contributed by atoms with E-state index < -0.39 is 0 Å². The lowest BCUT2D eigenvalue weighted by Crippen LogP contribution is -2.26. The van der Waals surface area contributed by atoms with Gasteiger partial charge in [-0.25, -0.2) is 0 Å². The number of ether oxygens (including phenoxy) is 3. The van der Waals surface area contributed by atoms with Crippen LogP contribution in [0, 0.1) is 0 Å². The van der Waals surface area contributed by atoms with Crippen LogP contribution in [0.4, 0.5) is 5.69 Å². The Kier molecular flexibility index (Phi) is 6.77. The summed E-state index contributed by atoms with van der Waals surface area (Å²) in [6.45, 7) is 1.50. The summed E-state index contributed by atoms with van der Waals surface area (Å²) in [5.41, 5.74) is 4.00. The topological polar surface area (TPSA) is 85.9 Å². The average Bonchev–Trinajstić information content (AvgIpc) is 3.21. The number of carbonyl (C=O) groups excluding carboxylic acids is 1. The number of benzene rings is 1. The van der Waals surface area contributed by atoms with Gasteiger partial charge < -0.3 is 24.8 Å². The lowest BCUT2D eigenvalue weighted by Gasteiger charge is -2.19. The SMILES string of the molecule is COc1cc2c(c(OC)c1OC)-c1ccc(NC3CCCC3)c(=O)cc1[C@@H](NC(C)=O)CC2. The van der Waals surface area contributed by atoms with E-state index in [0.717, 1.165) is 35.1 Å². The van der Waals surface area contributed by atoms with Gasteiger partial charge in [0.2, 0.25) is 17.1 Å². The normalized spacial score (nSPS) is 17.4. The van der Waals surface area contributed by atoms with Gasteiger partial charge in [-0.2, -0.15) is 0 Å². The third-order valence-electron chi connectivity index (χ3n) is 6.63. The Morgan fingerprint density at radius 3 is 2.33 bits per heavy atom. The Morgan fingerprint density at radius 2 is 1.70 bits per heavy atom. The first kappa shape index (κ1) is 23.0. The number of rotatable bonds is 6. The van der Waals surface area contributed by atoms with E-state index in [0.29, 0.717) is 41.8 Å². The lowest BCUT2D eigenvalue weighted by atomic mass is 9.95. The van der Waals surface area contributed by atoms with Crippen molar-refractivity contribution in [2.75, 3.05) is 26.6 Å². The van der Waals surface area contributed by atoms with E-state index in [9.17, 15) is 9.59 Å². The van der Waals surface area contributed by atoms with Crippen LogP contribution in [-0.4, -0.2) is 33.3 Å². The minimum Gasteiger partial charge on any atom is -0.493 e. The Balaban J connectivity index is 1.96. The third-order valence-corrected chi connectivity index (χ3v) is 6.63. The second-order valence-corrected chi connectivity index (χ2v) is 8.72. The molecule has 2 aromatic carbocycles. The maximum absolute atomic E-state index is 13.3. The Hall–Kier alpha value is -3.22. The predicted molar refractivity (Wildman–Crippen MR) is 129 cm³/mol. The van der Waals surface area contributed by atoms with Gasteiger partial charge in [-0.3, -0.25) is 9.59 Å². The van der Waals surface area contributed by atoms with Gasteiger partial charge in [0.15, 0.2) is 11.5 Å². The third kappa shape index (κ3) is 4.49. The van der Waals surface area contributed by atoms with E-state index in [2.05, 4.69) is 10.6 Å². The second-order valence-electron chi connectivity index (χ2n) is 8.72. The second kappa shape index (κ2) is 9.73. The molecule has 33 heavy (non-hydrogen) atoms. The first-order valence-corrected chi connectivity index (χ1v) is 11.5. The van der Waals surface area contributed by atoms with E-state index in [1.54, 1.807) is 27.4 Å². The maximum Gasteiger partial charge on any atom is 0.217 e. The minimum atomic E-state index is -0.300. The van der Waals surface area contributed by atoms with Crippen LogP contribution in [0.1, 0.15) is 56.2 Å². The summed E-state index contributed by atoms with van der Waals surface area (Å²) in [7, 11) is 4.77. The number of fused-ring (bicyclic) bond motifs is 3. The van der Waals surface area contributed by atoms with Gasteiger partial charge in [0.05, 0.1) is 33.1 Å². The number of aryl methyl sites for hydroxylation is 1. The predicted octanol–water partition coefficient (Wildman–Crippen LogP) is 4.22. The van der Waals surface area contributed by atoms with Crippen LogP contribution in [0.25, 0.3) is 11.1 Å². The Labute approximate surface area is 194 Å². The molecule has 176 valence electrons. The number of carbonyl (C=O) groups is 1. The van der Waals surface area contributed by atoms with Crippen LogP contribution >= 0.6 is 0 Å². The highest BCUT2D eigenvalue weighted by atomic mass is 16.5. The van der Waals surface area contributed by atoms with Crippen molar-refractivity contribution in [3.63, 3.8) is 0 Å². The van der Waals surface area contributed by atoms with Crippen molar-refractivity contribution in [1.29, 1.82) is 0 Å². The van der Waals surface area contributed by atoms with Crippen molar-refractivity contribution < 1.29 is 19.0 Å². The standard InChI is InChI=1S/C26H32N2O5/c1-15(29)27-20-11-9-16-13-23(31-2)25(32-3)26(33-4)24(16)18-10-12-21(22(30)14-19(18)20)28-17-7-5-6-8-17/h10,12-14,17,20H,5-9,11H2,1-4H3,(H,27,29)(H,28,30)/t20-/m0/s1. The summed E-state index contributed by atoms with van der Waals surface area (Å²) in [6.07, 6.45) is 5.82. The average molecular weight is 453 g/mol. The summed E-state index contributed by atoms with van der Waals surface area (Å²) in [5, 5.41) is 6.48. The summed E-state index contributed by atoms with van der Waals surface area (Å²) in [6, 6.07) is 7.46. The van der Waals surface area contributed by atoms with Crippen molar-refractivity contribution in [1.82, 2.24) is 5.32 Å². The molecular weight excluding hydrogens is 420 g/mol. The fraction of sp³-hybridized carbons (Fsp3) is 0.462. The quantitative estimate of drug-likeness (QED) is 0.683. The zero-order chi connectivity index (χ0) is 23.5. The largest absolute Gasteiger partial charge is 0.493 e. The van der Waals surface area contributed by atoms with Gasteiger partial charge in [-0.15, -0.1) is 0 Å². The molecule has 7 heteroatoms. The van der Waals surface area contributed by atoms with Crippen molar-refractivity contribution in [3.05, 3.63) is 45.6 Å². The van der Waals surface area contributed by atoms with Gasteiger partial charge in [-0.1, -0.05) is 18.9 Å². The van der Waals surface area contributed by atoms with E-state index in [1.165, 1.54) is 19.8 Å². The molecule has 0 spiro atoms. The van der Waals surface area contributed by atoms with Crippen LogP contribution < -0.4 is 30.3 Å². The molecular formula is C26H32N2O5. The van der Waals surface area contributed by atoms with Crippen LogP contribution in [0.3, 0.4) is 0 Å². The number of methoxy groups -OCH3 is 3. The van der Waals surface area contributed by atoms with Crippen molar-refractivity contribution in [2.24, 2.45) is 0 Å². The van der Waals surface area contributed by atoms with Crippen LogP contribution in [0.2, 0.25) is 0 Å². The number of nitrogens with one attached hydrogen (secondary N) is 2. The van der Waals surface area contributed by atoms with Crippen LogP contribution in [0.5, 0.6) is 17.2 Å². The number of anilines is 1. The lowest BCUT2D eigenvalue weighted by molar-refractivity contribution is -0.119. The number of hydrogen-bond donors (Lipinski definition) is 2. The fourth-order valence-corrected chi connectivity index (χ4v) is 5.12. The first-order chi connectivity index (χ1) is 16.0. The molecule has 0 saturated heterocycles. The minimum absolute atomic E-state index is 0.0820. The van der Waals surface area contributed by atoms with Gasteiger partial charge in [0.1, 0.15) is 0 Å². The smallest absolute Gasteiger partial charge is 0.217 e. The first-order valence-electron chi connectivity index (χ1n) is 11.5. The van der Waals surface area contributed by atoms with E-state index in [1.807, 2.05) is 18.2 Å². The van der Waals surface area contributed by atoms with Gasteiger partial charge in [0, 0.05) is 18.5 Å². The summed E-state index contributed by atoms with van der Waals surface area (Å²) in [4.78, 5) is 25.3. The molecule has 2 aromatic rings. The molecule has 4 rings (SSSR count). The Morgan fingerprint density at radius 1 is 0.970 bits per heavy atom. The molecule has 2 aliphatic carbocycles. The maximum atomic E-state index is 13.3. The molecule has 0 aromatic heterocycles. The molecule has 0 bridgehead atoms.